The number of nitrogens with zero attached hydrogens (tertiary/aromatic N) is 2. The lowest BCUT2D eigenvalue weighted by atomic mass is 10.1. The molecule has 2 N–H and O–H groups in total. The Kier molecular flexibility index (Phi) is 6.14. The van der Waals surface area contributed by atoms with E-state index in [1.165, 1.54) is 18.3 Å². The van der Waals surface area contributed by atoms with Crippen molar-refractivity contribution in [1.82, 2.24) is 4.98 Å². The van der Waals surface area contributed by atoms with E-state index in [2.05, 4.69) is 20.5 Å². The van der Waals surface area contributed by atoms with Crippen LogP contribution in [0.5, 0.6) is 0 Å². The molecule has 3 rings (SSSR count). The van der Waals surface area contributed by atoms with Gasteiger partial charge in [-0.25, -0.2) is 4.79 Å². The van der Waals surface area contributed by atoms with Crippen LogP contribution in [0.2, 0.25) is 0 Å². The van der Waals surface area contributed by atoms with E-state index < -0.39 is 17.6 Å². The lowest BCUT2D eigenvalue weighted by molar-refractivity contribution is 0.0635. The Labute approximate surface area is 178 Å². The number of pyridine rings is 1. The van der Waals surface area contributed by atoms with Gasteiger partial charge in [0.25, 0.3) is 11.7 Å². The van der Waals surface area contributed by atoms with E-state index in [0.717, 1.165) is 10.4 Å². The zero-order chi connectivity index (χ0) is 21.7. The normalized spacial score (nSPS) is 10.7. The van der Waals surface area contributed by atoms with E-state index in [1.54, 1.807) is 44.2 Å². The Morgan fingerprint density at radius 1 is 1.10 bits per heavy atom. The largest absolute Gasteiger partial charge is 0.444 e. The monoisotopic (exact) mass is 420 g/mol. The topological polar surface area (TPSA) is 84.7 Å². The highest BCUT2D eigenvalue weighted by Gasteiger charge is 2.19. The molecule has 0 aliphatic heterocycles. The summed E-state index contributed by atoms with van der Waals surface area (Å²) < 4.78 is 5.32. The summed E-state index contributed by atoms with van der Waals surface area (Å²) >= 11 is 1.57. The molecule has 0 aliphatic carbocycles. The second-order valence-corrected chi connectivity index (χ2v) is 8.28. The first-order valence-corrected chi connectivity index (χ1v) is 9.96. The maximum Gasteiger partial charge on any atom is 0.412 e. The van der Waals surface area contributed by atoms with Crippen LogP contribution in [0.25, 0.3) is 15.3 Å². The van der Waals surface area contributed by atoms with E-state index in [-0.39, 0.29) is 5.82 Å². The second kappa shape index (κ2) is 8.76. The minimum atomic E-state index is -0.652. The van der Waals surface area contributed by atoms with Gasteiger partial charge in [-0.15, -0.1) is 16.3 Å². The summed E-state index contributed by atoms with van der Waals surface area (Å²) in [7, 11) is 0. The zero-order valence-corrected chi connectivity index (χ0v) is 17.5. The van der Waals surface area contributed by atoms with Crippen molar-refractivity contribution in [3.63, 3.8) is 0 Å². The number of hydrogen-bond donors (Lipinski definition) is 2. The smallest absolute Gasteiger partial charge is 0.412 e. The maximum atomic E-state index is 12.7. The maximum absolute atomic E-state index is 12.7. The van der Waals surface area contributed by atoms with Crippen molar-refractivity contribution in [2.45, 2.75) is 26.4 Å². The summed E-state index contributed by atoms with van der Waals surface area (Å²) in [5.74, 6) is -0.201. The average Bonchev–Trinajstić information content (AvgIpc) is 3.22. The van der Waals surface area contributed by atoms with Gasteiger partial charge in [-0.1, -0.05) is 24.8 Å². The van der Waals surface area contributed by atoms with Gasteiger partial charge < -0.3 is 14.9 Å². The van der Waals surface area contributed by atoms with Crippen LogP contribution in [-0.2, 0) is 4.74 Å². The van der Waals surface area contributed by atoms with Gasteiger partial charge in [-0.05, 0) is 56.0 Å². The van der Waals surface area contributed by atoms with Crippen LogP contribution in [0.3, 0.4) is 0 Å². The molecule has 0 spiro atoms. The van der Waals surface area contributed by atoms with Gasteiger partial charge in [0.2, 0.25) is 0 Å². The highest BCUT2D eigenvalue weighted by Crippen LogP contribution is 2.32. The van der Waals surface area contributed by atoms with E-state index in [0.29, 0.717) is 16.9 Å². The minimum absolute atomic E-state index is 0.207. The first-order valence-electron chi connectivity index (χ1n) is 9.08. The van der Waals surface area contributed by atoms with E-state index in [4.69, 9.17) is 11.3 Å². The standard InChI is InChI=1S/C22H20N4O3S/c1-22(2,3)29-21(28)26-16-9-7-14(18-6-5-11-30-18)12-17(16)25-20(27)15-8-10-19(23-4)24-13-15/h5-13H,1-3H3,(H,25,27)(H,26,28). The average molecular weight is 420 g/mol. The minimum Gasteiger partial charge on any atom is -0.444 e. The lowest BCUT2D eigenvalue weighted by Crippen LogP contribution is -2.27. The fourth-order valence-corrected chi connectivity index (χ4v) is 3.27. The molecule has 152 valence electrons. The molecule has 2 aromatic heterocycles. The van der Waals surface area contributed by atoms with Gasteiger partial charge in [0.15, 0.2) is 0 Å². The third-order valence-electron chi connectivity index (χ3n) is 3.83. The molecular weight excluding hydrogens is 400 g/mol. The van der Waals surface area contributed by atoms with Crippen molar-refractivity contribution in [1.29, 1.82) is 0 Å². The van der Waals surface area contributed by atoms with Crippen LogP contribution in [0.15, 0.2) is 54.0 Å². The second-order valence-electron chi connectivity index (χ2n) is 7.34. The molecule has 30 heavy (non-hydrogen) atoms. The Morgan fingerprint density at radius 3 is 2.50 bits per heavy atom. The number of thiophene rings is 1. The van der Waals surface area contributed by atoms with Crippen molar-refractivity contribution in [3.05, 3.63) is 71.0 Å². The molecule has 8 heteroatoms. The number of amides is 2. The van der Waals surface area contributed by atoms with Crippen LogP contribution < -0.4 is 10.6 Å². The molecule has 2 heterocycles. The molecular formula is C22H20N4O3S. The van der Waals surface area contributed by atoms with Crippen LogP contribution in [0.1, 0.15) is 31.1 Å². The van der Waals surface area contributed by atoms with Crippen LogP contribution in [0.4, 0.5) is 22.0 Å². The number of hydrogen-bond acceptors (Lipinski definition) is 5. The fraction of sp³-hybridized carbons (Fsp3) is 0.182. The summed E-state index contributed by atoms with van der Waals surface area (Å²) in [5, 5.41) is 7.46. The number of carbonyl (C=O) groups is 2. The van der Waals surface area contributed by atoms with Crippen molar-refractivity contribution < 1.29 is 14.3 Å². The summed E-state index contributed by atoms with van der Waals surface area (Å²) in [4.78, 5) is 33.1. The quantitative estimate of drug-likeness (QED) is 0.510. The Balaban J connectivity index is 1.89. The number of rotatable bonds is 4. The number of anilines is 2. The Hall–Kier alpha value is -3.70. The Morgan fingerprint density at radius 2 is 1.90 bits per heavy atom. The van der Waals surface area contributed by atoms with Gasteiger partial charge in [0, 0.05) is 4.88 Å². The van der Waals surface area contributed by atoms with Gasteiger partial charge in [-0.2, -0.15) is 0 Å². The third kappa shape index (κ3) is 5.43. The van der Waals surface area contributed by atoms with Crippen LogP contribution in [0, 0.1) is 6.57 Å². The van der Waals surface area contributed by atoms with Crippen LogP contribution >= 0.6 is 11.3 Å². The highest BCUT2D eigenvalue weighted by atomic mass is 32.1. The molecule has 0 saturated carbocycles. The van der Waals surface area contributed by atoms with E-state index in [9.17, 15) is 9.59 Å². The van der Waals surface area contributed by atoms with E-state index >= 15 is 0 Å². The van der Waals surface area contributed by atoms with Gasteiger partial charge >= 0.3 is 6.09 Å². The lowest BCUT2D eigenvalue weighted by Gasteiger charge is -2.21. The summed E-state index contributed by atoms with van der Waals surface area (Å²) in [6.45, 7) is 12.3. The predicted octanol–water partition coefficient (Wildman–Crippen LogP) is 5.96. The van der Waals surface area contributed by atoms with Crippen molar-refractivity contribution in [3.8, 4) is 10.4 Å². The first kappa shape index (κ1) is 21.0. The van der Waals surface area contributed by atoms with Crippen molar-refractivity contribution in [2.24, 2.45) is 0 Å². The summed E-state index contributed by atoms with van der Waals surface area (Å²) in [5.41, 5.74) is 1.37. The highest BCUT2D eigenvalue weighted by molar-refractivity contribution is 7.13. The number of nitrogens with one attached hydrogen (secondary N) is 2. The molecule has 0 fully saturated rings. The van der Waals surface area contributed by atoms with Gasteiger partial charge in [-0.3, -0.25) is 10.1 Å². The number of carbonyl (C=O) groups excluding carboxylic acids is 2. The number of benzene rings is 1. The molecule has 0 atom stereocenters. The molecule has 2 amide bonds. The molecule has 0 radical (unpaired) electrons. The predicted molar refractivity (Wildman–Crippen MR) is 118 cm³/mol. The SMILES string of the molecule is [C-]#[N+]c1ccc(C(=O)Nc2cc(-c3cccs3)ccc2NC(=O)OC(C)(C)C)cn1. The van der Waals surface area contributed by atoms with Crippen LogP contribution in [-0.4, -0.2) is 22.6 Å². The Bertz CT molecular complexity index is 1090. The van der Waals surface area contributed by atoms with E-state index in [1.807, 2.05) is 23.6 Å². The van der Waals surface area contributed by atoms with Crippen molar-refractivity contribution in [2.75, 3.05) is 10.6 Å². The summed E-state index contributed by atoms with van der Waals surface area (Å²) in [6, 6.07) is 12.3. The van der Waals surface area contributed by atoms with Crippen molar-refractivity contribution >= 4 is 40.5 Å². The fourth-order valence-electron chi connectivity index (χ4n) is 2.55. The number of aromatic nitrogens is 1. The zero-order valence-electron chi connectivity index (χ0n) is 16.7. The third-order valence-corrected chi connectivity index (χ3v) is 4.75. The molecule has 0 unspecified atom stereocenters. The molecule has 0 bridgehead atoms. The molecule has 3 aromatic rings. The molecule has 0 aliphatic rings. The first-order chi connectivity index (χ1) is 14.2. The summed E-state index contributed by atoms with van der Waals surface area (Å²) in [6.07, 6.45) is 0.720. The molecule has 7 nitrogen and oxygen atoms in total. The molecule has 1 aromatic carbocycles. The number of ether oxygens (including phenoxy) is 1. The molecule has 0 saturated heterocycles. The van der Waals surface area contributed by atoms with Gasteiger partial charge in [0.1, 0.15) is 11.8 Å². The van der Waals surface area contributed by atoms with Gasteiger partial charge in [0.05, 0.1) is 16.9 Å².